The smallest absolute Gasteiger partial charge is 0.134 e. The van der Waals surface area contributed by atoms with Crippen molar-refractivity contribution in [1.82, 2.24) is 4.90 Å². The number of phenols is 1. The van der Waals surface area contributed by atoms with E-state index < -0.39 is 0 Å². The van der Waals surface area contributed by atoms with Gasteiger partial charge < -0.3 is 15.3 Å². The molecule has 2 atom stereocenters. The van der Waals surface area contributed by atoms with E-state index in [1.54, 1.807) is 12.1 Å². The number of likely N-dealkylation sites (tertiary alicyclic amines) is 1. The van der Waals surface area contributed by atoms with E-state index in [9.17, 15) is 5.11 Å². The molecule has 0 spiro atoms. The van der Waals surface area contributed by atoms with Crippen LogP contribution in [0.2, 0.25) is 5.02 Å². The molecule has 1 heterocycles. The summed E-state index contributed by atoms with van der Waals surface area (Å²) >= 11 is 5.91. The van der Waals surface area contributed by atoms with Crippen molar-refractivity contribution in [3.8, 4) is 5.75 Å². The highest BCUT2D eigenvalue weighted by molar-refractivity contribution is 6.32. The summed E-state index contributed by atoms with van der Waals surface area (Å²) in [5.74, 6) is 0.795. The third-order valence-electron chi connectivity index (χ3n) is 3.71. The van der Waals surface area contributed by atoms with Crippen LogP contribution in [-0.2, 0) is 0 Å². The highest BCUT2D eigenvalue weighted by Gasteiger charge is 2.22. The molecular formula is C14H21ClN2O. The number of aromatic hydroxyl groups is 1. The van der Waals surface area contributed by atoms with Gasteiger partial charge in [0.25, 0.3) is 0 Å². The first-order valence-corrected chi connectivity index (χ1v) is 6.87. The first kappa shape index (κ1) is 13.5. The lowest BCUT2D eigenvalue weighted by atomic mass is 9.92. The second-order valence-electron chi connectivity index (χ2n) is 5.26. The number of phenolic OH excluding ortho intramolecular Hbond substituents is 1. The largest absolute Gasteiger partial charge is 0.506 e. The van der Waals surface area contributed by atoms with E-state index in [0.717, 1.165) is 12.2 Å². The van der Waals surface area contributed by atoms with Crippen LogP contribution in [0, 0.1) is 5.92 Å². The topological polar surface area (TPSA) is 35.5 Å². The van der Waals surface area contributed by atoms with Crippen molar-refractivity contribution in [1.29, 1.82) is 0 Å². The van der Waals surface area contributed by atoms with Gasteiger partial charge in [-0.3, -0.25) is 0 Å². The van der Waals surface area contributed by atoms with Crippen LogP contribution in [0.1, 0.15) is 19.8 Å². The fraction of sp³-hybridized carbons (Fsp3) is 0.571. The number of halogens is 1. The van der Waals surface area contributed by atoms with Crippen molar-refractivity contribution >= 4 is 17.3 Å². The summed E-state index contributed by atoms with van der Waals surface area (Å²) in [4.78, 5) is 2.39. The van der Waals surface area contributed by atoms with Gasteiger partial charge in [0, 0.05) is 18.3 Å². The van der Waals surface area contributed by atoms with Crippen molar-refractivity contribution in [3.63, 3.8) is 0 Å². The molecule has 18 heavy (non-hydrogen) atoms. The summed E-state index contributed by atoms with van der Waals surface area (Å²) in [6.07, 6.45) is 2.54. The minimum absolute atomic E-state index is 0.132. The Morgan fingerprint density at radius 2 is 2.28 bits per heavy atom. The van der Waals surface area contributed by atoms with Crippen molar-refractivity contribution in [2.75, 3.05) is 25.5 Å². The normalized spacial score (nSPS) is 22.7. The zero-order chi connectivity index (χ0) is 13.1. The number of anilines is 1. The molecule has 0 saturated carbocycles. The average Bonchev–Trinajstić information content (AvgIpc) is 2.34. The number of benzene rings is 1. The van der Waals surface area contributed by atoms with Gasteiger partial charge in [0.1, 0.15) is 5.75 Å². The number of piperidine rings is 1. The van der Waals surface area contributed by atoms with Gasteiger partial charge >= 0.3 is 0 Å². The molecular weight excluding hydrogens is 248 g/mol. The summed E-state index contributed by atoms with van der Waals surface area (Å²) in [7, 11) is 2.18. The number of rotatable bonds is 3. The number of nitrogens with zero attached hydrogens (tertiary/aromatic N) is 1. The van der Waals surface area contributed by atoms with Crippen molar-refractivity contribution in [2.24, 2.45) is 5.92 Å². The quantitative estimate of drug-likeness (QED) is 0.827. The molecule has 0 amide bonds. The fourth-order valence-corrected chi connectivity index (χ4v) is 2.77. The van der Waals surface area contributed by atoms with Crippen molar-refractivity contribution in [3.05, 3.63) is 23.2 Å². The molecule has 1 aliphatic heterocycles. The van der Waals surface area contributed by atoms with Gasteiger partial charge in [-0.25, -0.2) is 0 Å². The Morgan fingerprint density at radius 1 is 1.50 bits per heavy atom. The van der Waals surface area contributed by atoms with Gasteiger partial charge in [-0.15, -0.1) is 0 Å². The van der Waals surface area contributed by atoms with Gasteiger partial charge in [0.05, 0.1) is 5.02 Å². The summed E-state index contributed by atoms with van der Waals surface area (Å²) in [6.45, 7) is 4.55. The lowest BCUT2D eigenvalue weighted by Crippen LogP contribution is -2.39. The second kappa shape index (κ2) is 5.81. The highest BCUT2D eigenvalue weighted by Crippen LogP contribution is 2.28. The Morgan fingerprint density at radius 3 is 2.94 bits per heavy atom. The van der Waals surface area contributed by atoms with Gasteiger partial charge in [-0.2, -0.15) is 0 Å². The number of hydrogen-bond donors (Lipinski definition) is 2. The molecule has 100 valence electrons. The third kappa shape index (κ3) is 3.30. The van der Waals surface area contributed by atoms with Crippen molar-refractivity contribution in [2.45, 2.75) is 25.8 Å². The average molecular weight is 269 g/mol. The van der Waals surface area contributed by atoms with Crippen molar-refractivity contribution < 1.29 is 5.11 Å². The summed E-state index contributed by atoms with van der Waals surface area (Å²) in [6, 6.07) is 5.68. The van der Waals surface area contributed by atoms with Crippen LogP contribution in [0.4, 0.5) is 5.69 Å². The molecule has 0 aromatic heterocycles. The molecule has 0 radical (unpaired) electrons. The summed E-state index contributed by atoms with van der Waals surface area (Å²) < 4.78 is 0. The molecule has 0 aliphatic carbocycles. The lowest BCUT2D eigenvalue weighted by molar-refractivity contribution is 0.197. The minimum Gasteiger partial charge on any atom is -0.506 e. The molecule has 1 aliphatic rings. The maximum absolute atomic E-state index is 9.39. The van der Waals surface area contributed by atoms with Crippen LogP contribution < -0.4 is 5.32 Å². The standard InChI is InChI=1S/C14H21ClN2O/c1-10(11-4-3-7-17(2)9-11)16-12-5-6-14(18)13(15)8-12/h5-6,8,10-11,16,18H,3-4,7,9H2,1-2H3. The Kier molecular flexibility index (Phi) is 4.36. The monoisotopic (exact) mass is 268 g/mol. The van der Waals surface area contributed by atoms with E-state index in [-0.39, 0.29) is 5.75 Å². The predicted octanol–water partition coefficient (Wildman–Crippen LogP) is 3.19. The molecule has 1 fully saturated rings. The lowest BCUT2D eigenvalue weighted by Gasteiger charge is -2.34. The molecule has 1 aromatic rings. The van der Waals surface area contributed by atoms with E-state index in [1.807, 2.05) is 6.07 Å². The summed E-state index contributed by atoms with van der Waals surface area (Å²) in [5.41, 5.74) is 0.971. The van der Waals surface area contributed by atoms with Crippen LogP contribution in [0.5, 0.6) is 5.75 Å². The van der Waals surface area contributed by atoms with E-state index in [4.69, 9.17) is 11.6 Å². The summed E-state index contributed by atoms with van der Waals surface area (Å²) in [5, 5.41) is 13.3. The second-order valence-corrected chi connectivity index (χ2v) is 5.67. The fourth-order valence-electron chi connectivity index (χ4n) is 2.59. The van der Waals surface area contributed by atoms with Crippen LogP contribution in [0.3, 0.4) is 0 Å². The van der Waals surface area contributed by atoms with Crippen LogP contribution in [-0.4, -0.2) is 36.2 Å². The Hall–Kier alpha value is -0.930. The molecule has 1 saturated heterocycles. The van der Waals surface area contributed by atoms with Crippen LogP contribution >= 0.6 is 11.6 Å². The predicted molar refractivity (Wildman–Crippen MR) is 76.4 cm³/mol. The van der Waals surface area contributed by atoms with Gasteiger partial charge in [0.2, 0.25) is 0 Å². The Bertz CT molecular complexity index is 411. The number of hydrogen-bond acceptors (Lipinski definition) is 3. The van der Waals surface area contributed by atoms with Crippen LogP contribution in [0.25, 0.3) is 0 Å². The third-order valence-corrected chi connectivity index (χ3v) is 4.01. The van der Waals surface area contributed by atoms with Gasteiger partial charge in [-0.1, -0.05) is 11.6 Å². The molecule has 0 bridgehead atoms. The highest BCUT2D eigenvalue weighted by atomic mass is 35.5. The Labute approximate surface area is 114 Å². The molecule has 3 nitrogen and oxygen atoms in total. The molecule has 4 heteroatoms. The zero-order valence-electron chi connectivity index (χ0n) is 11.0. The Balaban J connectivity index is 1.97. The molecule has 1 aromatic carbocycles. The minimum atomic E-state index is 0.132. The van der Waals surface area contributed by atoms with E-state index >= 15 is 0 Å². The maximum atomic E-state index is 9.39. The van der Waals surface area contributed by atoms with E-state index in [0.29, 0.717) is 17.0 Å². The molecule has 2 N–H and O–H groups in total. The first-order chi connectivity index (χ1) is 8.56. The van der Waals surface area contributed by atoms with Crippen LogP contribution in [0.15, 0.2) is 18.2 Å². The molecule has 2 unspecified atom stereocenters. The maximum Gasteiger partial charge on any atom is 0.134 e. The SMILES string of the molecule is CC(Nc1ccc(O)c(Cl)c1)C1CCCN(C)C1. The van der Waals surface area contributed by atoms with Gasteiger partial charge in [0.15, 0.2) is 0 Å². The zero-order valence-corrected chi connectivity index (χ0v) is 11.7. The van der Waals surface area contributed by atoms with E-state index in [1.165, 1.54) is 19.4 Å². The van der Waals surface area contributed by atoms with E-state index in [2.05, 4.69) is 24.2 Å². The molecule has 2 rings (SSSR count). The van der Waals surface area contributed by atoms with Gasteiger partial charge in [-0.05, 0) is 57.5 Å². The first-order valence-electron chi connectivity index (χ1n) is 6.50. The number of nitrogens with one attached hydrogen (secondary N) is 1.